The monoisotopic (exact) mass is 220 g/mol. The van der Waals surface area contributed by atoms with Crippen LogP contribution in [0.2, 0.25) is 0 Å². The third kappa shape index (κ3) is 2.38. The number of benzene rings is 1. The Morgan fingerprint density at radius 3 is 2.88 bits per heavy atom. The summed E-state index contributed by atoms with van der Waals surface area (Å²) in [6, 6.07) is 6.02. The van der Waals surface area contributed by atoms with Gasteiger partial charge in [-0.15, -0.1) is 0 Å². The molecule has 0 radical (unpaired) electrons. The molecule has 2 nitrogen and oxygen atoms in total. The van der Waals surface area contributed by atoms with E-state index in [9.17, 15) is 5.11 Å². The maximum atomic E-state index is 10.1. The van der Waals surface area contributed by atoms with Crippen molar-refractivity contribution in [2.75, 3.05) is 0 Å². The van der Waals surface area contributed by atoms with E-state index in [1.54, 1.807) is 0 Å². The van der Waals surface area contributed by atoms with E-state index >= 15 is 0 Å². The quantitative estimate of drug-likeness (QED) is 0.829. The Kier molecular flexibility index (Phi) is 3.20. The highest BCUT2D eigenvalue weighted by molar-refractivity contribution is 5.40. The van der Waals surface area contributed by atoms with Gasteiger partial charge in [-0.1, -0.05) is 25.5 Å². The standard InChI is InChI=1S/C14H20O2/c1-9(2)6-11-8-13(15)12-7-10(3)4-5-14(12)16-11/h4-5,7,9,11,13,15H,6,8H2,1-3H3. The lowest BCUT2D eigenvalue weighted by Gasteiger charge is -2.30. The van der Waals surface area contributed by atoms with E-state index in [-0.39, 0.29) is 12.2 Å². The average Bonchev–Trinajstić information content (AvgIpc) is 2.18. The lowest BCUT2D eigenvalue weighted by molar-refractivity contribution is 0.0556. The fourth-order valence-corrected chi connectivity index (χ4v) is 2.31. The summed E-state index contributed by atoms with van der Waals surface area (Å²) in [6.07, 6.45) is 1.51. The maximum Gasteiger partial charge on any atom is 0.125 e. The van der Waals surface area contributed by atoms with Crippen LogP contribution in [-0.2, 0) is 0 Å². The van der Waals surface area contributed by atoms with Crippen LogP contribution in [0.5, 0.6) is 5.75 Å². The van der Waals surface area contributed by atoms with Crippen LogP contribution in [0.25, 0.3) is 0 Å². The van der Waals surface area contributed by atoms with Gasteiger partial charge in [0.05, 0.1) is 6.10 Å². The highest BCUT2D eigenvalue weighted by atomic mass is 16.5. The molecule has 1 aromatic carbocycles. The van der Waals surface area contributed by atoms with E-state index in [2.05, 4.69) is 13.8 Å². The third-order valence-electron chi connectivity index (χ3n) is 3.04. The first-order valence-electron chi connectivity index (χ1n) is 6.01. The van der Waals surface area contributed by atoms with Gasteiger partial charge in [0.15, 0.2) is 0 Å². The van der Waals surface area contributed by atoms with Gasteiger partial charge in [0.25, 0.3) is 0 Å². The molecule has 0 saturated heterocycles. The van der Waals surface area contributed by atoms with Gasteiger partial charge in [-0.05, 0) is 31.4 Å². The molecule has 1 aliphatic rings. The predicted octanol–water partition coefficient (Wildman–Crippen LogP) is 3.23. The van der Waals surface area contributed by atoms with Gasteiger partial charge in [0, 0.05) is 12.0 Å². The van der Waals surface area contributed by atoms with E-state index < -0.39 is 0 Å². The van der Waals surface area contributed by atoms with E-state index in [0.29, 0.717) is 12.3 Å². The lowest BCUT2D eigenvalue weighted by atomic mass is 9.93. The van der Waals surface area contributed by atoms with Crippen molar-refractivity contribution in [3.05, 3.63) is 29.3 Å². The van der Waals surface area contributed by atoms with Crippen LogP contribution in [0, 0.1) is 12.8 Å². The van der Waals surface area contributed by atoms with Gasteiger partial charge in [0.1, 0.15) is 11.9 Å². The van der Waals surface area contributed by atoms with E-state index in [1.165, 1.54) is 5.56 Å². The van der Waals surface area contributed by atoms with Gasteiger partial charge < -0.3 is 9.84 Å². The summed E-state index contributed by atoms with van der Waals surface area (Å²) in [7, 11) is 0. The molecule has 2 unspecified atom stereocenters. The second-order valence-corrected chi connectivity index (χ2v) is 5.16. The first kappa shape index (κ1) is 11.5. The van der Waals surface area contributed by atoms with Gasteiger partial charge in [0.2, 0.25) is 0 Å². The zero-order valence-corrected chi connectivity index (χ0v) is 10.2. The van der Waals surface area contributed by atoms with Crippen molar-refractivity contribution in [2.45, 2.75) is 45.8 Å². The molecule has 88 valence electrons. The number of aliphatic hydroxyl groups excluding tert-OH is 1. The van der Waals surface area contributed by atoms with Gasteiger partial charge in [-0.3, -0.25) is 0 Å². The highest BCUT2D eigenvalue weighted by Gasteiger charge is 2.27. The van der Waals surface area contributed by atoms with Crippen molar-refractivity contribution in [1.29, 1.82) is 0 Å². The summed E-state index contributed by atoms with van der Waals surface area (Å²) in [5.74, 6) is 1.46. The van der Waals surface area contributed by atoms with Crippen LogP contribution in [0.15, 0.2) is 18.2 Å². The summed E-state index contributed by atoms with van der Waals surface area (Å²) >= 11 is 0. The molecule has 0 aliphatic carbocycles. The average molecular weight is 220 g/mol. The minimum absolute atomic E-state index is 0.158. The Morgan fingerprint density at radius 2 is 2.19 bits per heavy atom. The molecule has 2 heteroatoms. The van der Waals surface area contributed by atoms with Gasteiger partial charge in [-0.2, -0.15) is 0 Å². The molecule has 16 heavy (non-hydrogen) atoms. The smallest absolute Gasteiger partial charge is 0.125 e. The van der Waals surface area contributed by atoms with Crippen molar-refractivity contribution in [2.24, 2.45) is 5.92 Å². The number of aryl methyl sites for hydroxylation is 1. The van der Waals surface area contributed by atoms with Crippen molar-refractivity contribution < 1.29 is 9.84 Å². The summed E-state index contributed by atoms with van der Waals surface area (Å²) in [5.41, 5.74) is 2.11. The van der Waals surface area contributed by atoms with Gasteiger partial charge in [-0.25, -0.2) is 0 Å². The second kappa shape index (κ2) is 4.46. The molecule has 0 spiro atoms. The van der Waals surface area contributed by atoms with E-state index in [0.717, 1.165) is 17.7 Å². The van der Waals surface area contributed by atoms with Crippen molar-refractivity contribution >= 4 is 0 Å². The fraction of sp³-hybridized carbons (Fsp3) is 0.571. The Balaban J connectivity index is 2.20. The Labute approximate surface area is 97.3 Å². The molecule has 1 aliphatic heterocycles. The molecule has 0 saturated carbocycles. The van der Waals surface area contributed by atoms with Crippen molar-refractivity contribution in [1.82, 2.24) is 0 Å². The molecule has 1 N–H and O–H groups in total. The van der Waals surface area contributed by atoms with Crippen LogP contribution < -0.4 is 4.74 Å². The number of hydrogen-bond donors (Lipinski definition) is 1. The highest BCUT2D eigenvalue weighted by Crippen LogP contribution is 2.36. The normalized spacial score (nSPS) is 24.1. The Bertz CT molecular complexity index is 371. The second-order valence-electron chi connectivity index (χ2n) is 5.16. The molecule has 1 aromatic rings. The number of aliphatic hydroxyl groups is 1. The molecule has 0 amide bonds. The molecule has 2 atom stereocenters. The molecular weight excluding hydrogens is 200 g/mol. The van der Waals surface area contributed by atoms with Crippen LogP contribution in [0.4, 0.5) is 0 Å². The molecular formula is C14H20O2. The minimum atomic E-state index is -0.368. The first-order valence-corrected chi connectivity index (χ1v) is 6.01. The van der Waals surface area contributed by atoms with Crippen LogP contribution in [-0.4, -0.2) is 11.2 Å². The summed E-state index contributed by atoms with van der Waals surface area (Å²) in [4.78, 5) is 0. The topological polar surface area (TPSA) is 29.5 Å². The summed E-state index contributed by atoms with van der Waals surface area (Å²) in [5, 5.41) is 10.1. The van der Waals surface area contributed by atoms with Crippen LogP contribution >= 0.6 is 0 Å². The number of hydrogen-bond acceptors (Lipinski definition) is 2. The van der Waals surface area contributed by atoms with Gasteiger partial charge >= 0.3 is 0 Å². The molecule has 1 heterocycles. The van der Waals surface area contributed by atoms with Crippen LogP contribution in [0.1, 0.15) is 43.9 Å². The molecule has 0 aromatic heterocycles. The largest absolute Gasteiger partial charge is 0.490 e. The number of ether oxygens (including phenoxy) is 1. The molecule has 0 bridgehead atoms. The predicted molar refractivity (Wildman–Crippen MR) is 64.6 cm³/mol. The lowest BCUT2D eigenvalue weighted by Crippen LogP contribution is -2.27. The van der Waals surface area contributed by atoms with E-state index in [1.807, 2.05) is 25.1 Å². The van der Waals surface area contributed by atoms with Crippen molar-refractivity contribution in [3.63, 3.8) is 0 Å². The minimum Gasteiger partial charge on any atom is -0.490 e. The van der Waals surface area contributed by atoms with Crippen LogP contribution in [0.3, 0.4) is 0 Å². The summed E-state index contributed by atoms with van der Waals surface area (Å²) in [6.45, 7) is 6.40. The molecule has 2 rings (SSSR count). The molecule has 0 fully saturated rings. The fourth-order valence-electron chi connectivity index (χ4n) is 2.31. The number of rotatable bonds is 2. The maximum absolute atomic E-state index is 10.1. The van der Waals surface area contributed by atoms with Crippen molar-refractivity contribution in [3.8, 4) is 5.75 Å². The Hall–Kier alpha value is -1.02. The third-order valence-corrected chi connectivity index (χ3v) is 3.04. The SMILES string of the molecule is Cc1ccc2c(c1)C(O)CC(CC(C)C)O2. The Morgan fingerprint density at radius 1 is 1.44 bits per heavy atom. The zero-order valence-electron chi connectivity index (χ0n) is 10.2. The number of fused-ring (bicyclic) bond motifs is 1. The summed E-state index contributed by atoms with van der Waals surface area (Å²) < 4.78 is 5.91. The zero-order chi connectivity index (χ0) is 11.7. The first-order chi connectivity index (χ1) is 7.56. The van der Waals surface area contributed by atoms with E-state index in [4.69, 9.17) is 4.74 Å².